The van der Waals surface area contributed by atoms with E-state index in [1.165, 1.54) is 0 Å². The molecule has 0 unspecified atom stereocenters. The number of aliphatic carboxylic acids is 1. The fourth-order valence-electron chi connectivity index (χ4n) is 5.52. The maximum Gasteiger partial charge on any atom is 0.226 e. The van der Waals surface area contributed by atoms with Gasteiger partial charge in [0.25, 0.3) is 0 Å². The zero-order chi connectivity index (χ0) is 19.7. The summed E-state index contributed by atoms with van der Waals surface area (Å²) in [5.41, 5.74) is 1.06. The van der Waals surface area contributed by atoms with E-state index in [2.05, 4.69) is 11.0 Å². The third-order valence-electron chi connectivity index (χ3n) is 6.87. The molecule has 28 heavy (non-hydrogen) atoms. The van der Waals surface area contributed by atoms with E-state index in [9.17, 15) is 14.7 Å². The molecule has 0 N–H and O–H groups in total. The molecule has 1 aromatic carbocycles. The number of ether oxygens (including phenoxy) is 1. The summed E-state index contributed by atoms with van der Waals surface area (Å²) < 4.78 is 5.74. The number of nitrogens with zero attached hydrogens (tertiary/aromatic N) is 2. The van der Waals surface area contributed by atoms with Gasteiger partial charge >= 0.3 is 0 Å². The third kappa shape index (κ3) is 3.45. The molecule has 1 amide bonds. The number of hydrogen-bond donors (Lipinski definition) is 0. The zero-order valence-electron chi connectivity index (χ0n) is 16.5. The molecule has 3 aliphatic carbocycles. The molecule has 1 aliphatic heterocycles. The van der Waals surface area contributed by atoms with Gasteiger partial charge in [-0.3, -0.25) is 4.79 Å². The minimum absolute atomic E-state index is 0.0290. The molecule has 152 valence electrons. The quantitative estimate of drug-likeness (QED) is 0.769. The molecule has 4 fully saturated rings. The summed E-state index contributed by atoms with van der Waals surface area (Å²) in [6.07, 6.45) is 3.81. The van der Waals surface area contributed by atoms with E-state index < -0.39 is 11.9 Å². The second kappa shape index (κ2) is 8.02. The summed E-state index contributed by atoms with van der Waals surface area (Å²) in [7, 11) is 0. The Labute approximate surface area is 166 Å². The number of rotatable bonds is 5. The maximum atomic E-state index is 13.3. The predicted molar refractivity (Wildman–Crippen MR) is 104 cm³/mol. The van der Waals surface area contributed by atoms with Crippen molar-refractivity contribution < 1.29 is 19.4 Å². The van der Waals surface area contributed by atoms with Crippen LogP contribution in [-0.2, 0) is 9.59 Å². The minimum atomic E-state index is -1.03. The number of benzene rings is 1. The first-order chi connectivity index (χ1) is 13.6. The van der Waals surface area contributed by atoms with Crippen molar-refractivity contribution in [1.82, 2.24) is 4.90 Å². The molecular formula is C22H29N2O4-. The minimum Gasteiger partial charge on any atom is -0.550 e. The molecule has 2 atom stereocenters. The van der Waals surface area contributed by atoms with Crippen molar-refractivity contribution in [3.05, 3.63) is 24.3 Å². The number of piperazine rings is 1. The van der Waals surface area contributed by atoms with Gasteiger partial charge in [-0.2, -0.15) is 0 Å². The first-order valence-corrected chi connectivity index (χ1v) is 10.6. The van der Waals surface area contributed by atoms with Crippen LogP contribution in [0.2, 0.25) is 0 Å². The highest BCUT2D eigenvalue weighted by Crippen LogP contribution is 2.49. The third-order valence-corrected chi connectivity index (χ3v) is 6.87. The molecule has 1 aromatic rings. The highest BCUT2D eigenvalue weighted by Gasteiger charge is 2.48. The highest BCUT2D eigenvalue weighted by molar-refractivity contribution is 5.85. The van der Waals surface area contributed by atoms with Gasteiger partial charge in [-0.05, 0) is 56.6 Å². The molecule has 3 saturated carbocycles. The number of para-hydroxylation sites is 2. The first kappa shape index (κ1) is 19.1. The molecule has 4 aliphatic rings. The Morgan fingerprint density at radius 1 is 1.00 bits per heavy atom. The van der Waals surface area contributed by atoms with E-state index in [-0.39, 0.29) is 23.7 Å². The van der Waals surface area contributed by atoms with E-state index in [1.807, 2.05) is 30.0 Å². The Kier molecular flexibility index (Phi) is 5.47. The number of hydrogen-bond acceptors (Lipinski definition) is 5. The van der Waals surface area contributed by atoms with Gasteiger partial charge in [-0.25, -0.2) is 0 Å². The lowest BCUT2D eigenvalue weighted by molar-refractivity contribution is -0.318. The Hall–Kier alpha value is -2.24. The lowest BCUT2D eigenvalue weighted by Gasteiger charge is -2.50. The monoisotopic (exact) mass is 385 g/mol. The van der Waals surface area contributed by atoms with Gasteiger partial charge in [0.15, 0.2) is 0 Å². The van der Waals surface area contributed by atoms with E-state index >= 15 is 0 Å². The molecule has 6 heteroatoms. The topological polar surface area (TPSA) is 72.9 Å². The molecular weight excluding hydrogens is 356 g/mol. The summed E-state index contributed by atoms with van der Waals surface area (Å²) >= 11 is 0. The van der Waals surface area contributed by atoms with Crippen LogP contribution in [0.15, 0.2) is 24.3 Å². The molecule has 0 spiro atoms. The summed E-state index contributed by atoms with van der Waals surface area (Å²) in [5.74, 6) is -0.804. The van der Waals surface area contributed by atoms with E-state index in [0.717, 1.165) is 50.2 Å². The summed E-state index contributed by atoms with van der Waals surface area (Å²) in [4.78, 5) is 29.2. The molecule has 1 saturated heterocycles. The largest absolute Gasteiger partial charge is 0.550 e. The second-order valence-corrected chi connectivity index (χ2v) is 8.26. The van der Waals surface area contributed by atoms with Crippen LogP contribution in [0.1, 0.15) is 32.6 Å². The van der Waals surface area contributed by atoms with E-state index in [0.29, 0.717) is 19.7 Å². The average molecular weight is 385 g/mol. The van der Waals surface area contributed by atoms with Crippen molar-refractivity contribution in [2.24, 2.45) is 23.7 Å². The number of carboxylic acids is 1. The van der Waals surface area contributed by atoms with Crippen LogP contribution in [0, 0.1) is 23.7 Å². The SMILES string of the molecule is CCOc1ccccc1N1CCN(C(=O)[C@@H]2C3CCC(CC3)[C@H]2C(=O)[O-])CC1. The number of carbonyl (C=O) groups is 2. The van der Waals surface area contributed by atoms with Gasteiger partial charge < -0.3 is 24.4 Å². The summed E-state index contributed by atoms with van der Waals surface area (Å²) in [5, 5.41) is 11.8. The van der Waals surface area contributed by atoms with Crippen molar-refractivity contribution in [3.8, 4) is 5.75 Å². The Bertz CT molecular complexity index is 721. The van der Waals surface area contributed by atoms with Crippen LogP contribution in [0.5, 0.6) is 5.75 Å². The Morgan fingerprint density at radius 3 is 2.21 bits per heavy atom. The Balaban J connectivity index is 1.44. The van der Waals surface area contributed by atoms with Crippen molar-refractivity contribution in [2.45, 2.75) is 32.6 Å². The maximum absolute atomic E-state index is 13.3. The molecule has 0 radical (unpaired) electrons. The number of fused-ring (bicyclic) bond motifs is 3. The smallest absolute Gasteiger partial charge is 0.226 e. The fraction of sp³-hybridized carbons (Fsp3) is 0.636. The van der Waals surface area contributed by atoms with Crippen LogP contribution < -0.4 is 14.7 Å². The van der Waals surface area contributed by atoms with Gasteiger partial charge in [0.05, 0.1) is 12.3 Å². The van der Waals surface area contributed by atoms with Crippen molar-refractivity contribution in [2.75, 3.05) is 37.7 Å². The molecule has 2 bridgehead atoms. The normalized spacial score (nSPS) is 29.6. The van der Waals surface area contributed by atoms with E-state index in [1.54, 1.807) is 0 Å². The number of anilines is 1. The molecule has 0 aromatic heterocycles. The van der Waals surface area contributed by atoms with E-state index in [4.69, 9.17) is 4.74 Å². The number of carboxylic acid groups (broad SMARTS) is 1. The van der Waals surface area contributed by atoms with Crippen LogP contribution >= 0.6 is 0 Å². The van der Waals surface area contributed by atoms with Gasteiger partial charge in [0.1, 0.15) is 5.75 Å². The molecule has 6 nitrogen and oxygen atoms in total. The van der Waals surface area contributed by atoms with Crippen LogP contribution in [0.3, 0.4) is 0 Å². The fourth-order valence-corrected chi connectivity index (χ4v) is 5.52. The van der Waals surface area contributed by atoms with Gasteiger partial charge in [0.2, 0.25) is 5.91 Å². The standard InChI is InChI=1S/C22H30N2O4/c1-2-28-18-6-4-3-5-17(18)23-11-13-24(14-12-23)21(25)19-15-7-9-16(10-8-15)20(19)22(26)27/h3-6,15-16,19-20H,2,7-14H2,1H3,(H,26,27)/p-1/t15?,16?,19-,20-/m1/s1. The lowest BCUT2D eigenvalue weighted by atomic mass is 9.58. The van der Waals surface area contributed by atoms with Crippen LogP contribution in [-0.4, -0.2) is 49.6 Å². The summed E-state index contributed by atoms with van der Waals surface area (Å²) in [6, 6.07) is 7.99. The first-order valence-electron chi connectivity index (χ1n) is 10.6. The second-order valence-electron chi connectivity index (χ2n) is 8.26. The molecule has 1 heterocycles. The van der Waals surface area contributed by atoms with Gasteiger partial charge in [-0.15, -0.1) is 0 Å². The van der Waals surface area contributed by atoms with Crippen molar-refractivity contribution in [3.63, 3.8) is 0 Å². The number of amides is 1. The van der Waals surface area contributed by atoms with Crippen LogP contribution in [0.25, 0.3) is 0 Å². The predicted octanol–water partition coefficient (Wildman–Crippen LogP) is 1.54. The van der Waals surface area contributed by atoms with Gasteiger partial charge in [-0.1, -0.05) is 12.1 Å². The Morgan fingerprint density at radius 2 is 1.61 bits per heavy atom. The zero-order valence-corrected chi connectivity index (χ0v) is 16.5. The van der Waals surface area contributed by atoms with Crippen molar-refractivity contribution in [1.29, 1.82) is 0 Å². The number of carbonyl (C=O) groups excluding carboxylic acids is 2. The molecule has 5 rings (SSSR count). The average Bonchev–Trinajstić information content (AvgIpc) is 2.74. The highest BCUT2D eigenvalue weighted by atomic mass is 16.5. The lowest BCUT2D eigenvalue weighted by Crippen LogP contribution is -2.57. The van der Waals surface area contributed by atoms with Gasteiger partial charge in [0, 0.05) is 44.0 Å². The summed E-state index contributed by atoms with van der Waals surface area (Å²) in [6.45, 7) is 5.28. The van der Waals surface area contributed by atoms with Crippen molar-refractivity contribution >= 4 is 17.6 Å². The van der Waals surface area contributed by atoms with Crippen LogP contribution in [0.4, 0.5) is 5.69 Å².